The van der Waals surface area contributed by atoms with Crippen molar-refractivity contribution in [1.82, 2.24) is 4.98 Å². The lowest BCUT2D eigenvalue weighted by Gasteiger charge is -2.12. The molecule has 6 rings (SSSR count). The maximum Gasteiger partial charge on any atom is 0.227 e. The molecule has 1 fully saturated rings. The summed E-state index contributed by atoms with van der Waals surface area (Å²) in [4.78, 5) is 4.93. The Bertz CT molecular complexity index is 1490. The van der Waals surface area contributed by atoms with Gasteiger partial charge in [-0.3, -0.25) is 0 Å². The molecule has 3 heteroatoms. The Morgan fingerprint density at radius 3 is 2.54 bits per heavy atom. The highest BCUT2D eigenvalue weighted by molar-refractivity contribution is 6.09. The van der Waals surface area contributed by atoms with Gasteiger partial charge in [0, 0.05) is 28.5 Å². The lowest BCUT2D eigenvalue weighted by atomic mass is 9.94. The van der Waals surface area contributed by atoms with Crippen molar-refractivity contribution in [3.05, 3.63) is 84.1 Å². The lowest BCUT2D eigenvalue weighted by Crippen LogP contribution is -2.31. The second kappa shape index (κ2) is 9.30. The third kappa shape index (κ3) is 4.14. The van der Waals surface area contributed by atoms with Gasteiger partial charge < -0.3 is 4.42 Å². The third-order valence-corrected chi connectivity index (χ3v) is 7.65. The fourth-order valence-corrected chi connectivity index (χ4v) is 5.83. The van der Waals surface area contributed by atoms with E-state index in [1.54, 1.807) is 0 Å². The highest BCUT2D eigenvalue weighted by Gasteiger charge is 2.24. The predicted octanol–water partition coefficient (Wildman–Crippen LogP) is 7.82. The Hall–Kier alpha value is -3.46. The molecular formula is C32H33N2O+. The molecule has 5 aromatic rings. The molecule has 0 radical (unpaired) electrons. The van der Waals surface area contributed by atoms with Crippen molar-refractivity contribution in [1.29, 1.82) is 0 Å². The molecule has 0 bridgehead atoms. The maximum absolute atomic E-state index is 6.59. The van der Waals surface area contributed by atoms with Gasteiger partial charge in [0.05, 0.1) is 11.3 Å². The minimum Gasteiger partial charge on any atom is -0.437 e. The van der Waals surface area contributed by atoms with Gasteiger partial charge in [-0.2, -0.15) is 0 Å². The molecule has 1 saturated carbocycles. The van der Waals surface area contributed by atoms with E-state index in [0.717, 1.165) is 46.4 Å². The van der Waals surface area contributed by atoms with E-state index in [1.807, 2.05) is 18.2 Å². The fourth-order valence-electron chi connectivity index (χ4n) is 5.83. The molecule has 0 amide bonds. The van der Waals surface area contributed by atoms with Crippen LogP contribution in [-0.4, -0.2) is 4.98 Å². The molecular weight excluding hydrogens is 428 g/mol. The summed E-state index contributed by atoms with van der Waals surface area (Å²) in [6.45, 7) is 2.25. The van der Waals surface area contributed by atoms with Crippen molar-refractivity contribution in [2.24, 2.45) is 13.0 Å². The summed E-state index contributed by atoms with van der Waals surface area (Å²) in [5.74, 6) is 0.827. The molecule has 0 unspecified atom stereocenters. The third-order valence-electron chi connectivity index (χ3n) is 7.65. The molecule has 3 nitrogen and oxygen atoms in total. The number of rotatable bonds is 6. The maximum atomic E-state index is 6.59. The molecule has 0 aliphatic heterocycles. The van der Waals surface area contributed by atoms with E-state index in [0.29, 0.717) is 5.71 Å². The van der Waals surface area contributed by atoms with E-state index < -0.39 is 0 Å². The number of hydrogen-bond acceptors (Lipinski definition) is 2. The zero-order chi connectivity index (χ0) is 23.8. The van der Waals surface area contributed by atoms with E-state index in [2.05, 4.69) is 73.3 Å². The molecule has 0 saturated heterocycles. The van der Waals surface area contributed by atoms with Crippen molar-refractivity contribution >= 4 is 22.1 Å². The van der Waals surface area contributed by atoms with Crippen LogP contribution < -0.4 is 4.57 Å². The van der Waals surface area contributed by atoms with Crippen LogP contribution >= 0.6 is 0 Å². The summed E-state index contributed by atoms with van der Waals surface area (Å²) in [6.07, 6.45) is 11.0. The quantitative estimate of drug-likeness (QED) is 0.241. The van der Waals surface area contributed by atoms with Crippen LogP contribution in [0.4, 0.5) is 0 Å². The average Bonchev–Trinajstić information content (AvgIpc) is 3.53. The van der Waals surface area contributed by atoms with E-state index in [4.69, 9.17) is 9.40 Å². The van der Waals surface area contributed by atoms with Gasteiger partial charge in [0.1, 0.15) is 7.05 Å². The summed E-state index contributed by atoms with van der Waals surface area (Å²) < 4.78 is 8.84. The molecule has 0 N–H and O–H groups in total. The minimum atomic E-state index is 0.709. The van der Waals surface area contributed by atoms with Crippen molar-refractivity contribution < 1.29 is 8.98 Å². The first-order valence-corrected chi connectivity index (χ1v) is 13.1. The Kier molecular flexibility index (Phi) is 5.85. The van der Waals surface area contributed by atoms with Crippen LogP contribution in [0.5, 0.6) is 0 Å². The number of hydrogen-bond donors (Lipinski definition) is 0. The molecule has 0 atom stereocenters. The normalized spacial score (nSPS) is 14.3. The summed E-state index contributed by atoms with van der Waals surface area (Å²) >= 11 is 0. The van der Waals surface area contributed by atoms with Crippen LogP contribution in [0.2, 0.25) is 0 Å². The van der Waals surface area contributed by atoms with Crippen molar-refractivity contribution in [2.75, 3.05) is 0 Å². The summed E-state index contributed by atoms with van der Waals surface area (Å²) in [6, 6.07) is 23.8. The largest absolute Gasteiger partial charge is 0.437 e. The van der Waals surface area contributed by atoms with Crippen LogP contribution in [0, 0.1) is 5.92 Å². The van der Waals surface area contributed by atoms with Crippen LogP contribution in [0.15, 0.2) is 77.3 Å². The average molecular weight is 462 g/mol. The minimum absolute atomic E-state index is 0.709. The highest BCUT2D eigenvalue weighted by atomic mass is 16.3. The van der Waals surface area contributed by atoms with Gasteiger partial charge in [0.15, 0.2) is 11.8 Å². The van der Waals surface area contributed by atoms with Crippen molar-refractivity contribution in [3.63, 3.8) is 0 Å². The lowest BCUT2D eigenvalue weighted by molar-refractivity contribution is -0.660. The summed E-state index contributed by atoms with van der Waals surface area (Å²) in [5, 5.41) is 2.22. The van der Waals surface area contributed by atoms with E-state index >= 15 is 0 Å². The molecule has 3 aromatic heterocycles. The molecule has 1 aliphatic carbocycles. The highest BCUT2D eigenvalue weighted by Crippen LogP contribution is 2.38. The first-order chi connectivity index (χ1) is 17.2. The standard InChI is InChI=1S/C32H33N2O/c1-3-9-25-14-15-26-27-16-17-28(24-12-5-4-6-13-24)33-32(27)35-31(26)30(25)29-21-23(18-19-34(29)2)20-22-10-7-8-11-22/h4-6,12-19,21-22H,3,7-11,20H2,1-2H3/q+1. The van der Waals surface area contributed by atoms with E-state index in [9.17, 15) is 0 Å². The molecule has 176 valence electrons. The first-order valence-electron chi connectivity index (χ1n) is 13.1. The molecule has 35 heavy (non-hydrogen) atoms. The Morgan fingerprint density at radius 2 is 1.74 bits per heavy atom. The monoisotopic (exact) mass is 461 g/mol. The number of nitrogens with zero attached hydrogens (tertiary/aromatic N) is 2. The van der Waals surface area contributed by atoms with Gasteiger partial charge in [-0.15, -0.1) is 0 Å². The number of pyridine rings is 2. The van der Waals surface area contributed by atoms with Gasteiger partial charge in [-0.25, -0.2) is 9.55 Å². The van der Waals surface area contributed by atoms with Crippen molar-refractivity contribution in [3.8, 4) is 22.5 Å². The fraction of sp³-hybridized carbons (Fsp3) is 0.312. The van der Waals surface area contributed by atoms with Crippen LogP contribution in [0.25, 0.3) is 44.6 Å². The Morgan fingerprint density at radius 1 is 0.943 bits per heavy atom. The number of furan rings is 1. The van der Waals surface area contributed by atoms with E-state index in [-0.39, 0.29) is 0 Å². The predicted molar refractivity (Wildman–Crippen MR) is 143 cm³/mol. The van der Waals surface area contributed by atoms with E-state index in [1.165, 1.54) is 54.5 Å². The second-order valence-corrected chi connectivity index (χ2v) is 10.1. The molecule has 1 aliphatic rings. The SMILES string of the molecule is CCCc1ccc2c(oc3nc(-c4ccccc4)ccc32)c1-c1cc(CC2CCCC2)cc[n+]1C. The zero-order valence-corrected chi connectivity index (χ0v) is 20.8. The Balaban J connectivity index is 1.53. The molecule has 0 spiro atoms. The van der Waals surface area contributed by atoms with Gasteiger partial charge >= 0.3 is 0 Å². The zero-order valence-electron chi connectivity index (χ0n) is 20.8. The van der Waals surface area contributed by atoms with Crippen LogP contribution in [0.1, 0.15) is 50.2 Å². The van der Waals surface area contributed by atoms with Crippen LogP contribution in [0.3, 0.4) is 0 Å². The van der Waals surface area contributed by atoms with Gasteiger partial charge in [-0.1, -0.05) is 81.5 Å². The van der Waals surface area contributed by atoms with Gasteiger partial charge in [0.2, 0.25) is 11.4 Å². The topological polar surface area (TPSA) is 29.9 Å². The number of fused-ring (bicyclic) bond motifs is 3. The number of benzene rings is 2. The molecule has 3 heterocycles. The van der Waals surface area contributed by atoms with Crippen LogP contribution in [-0.2, 0) is 19.9 Å². The summed E-state index contributed by atoms with van der Waals surface area (Å²) in [5.41, 5.74) is 8.94. The van der Waals surface area contributed by atoms with Gasteiger partial charge in [-0.05, 0) is 42.0 Å². The van der Waals surface area contributed by atoms with Crippen molar-refractivity contribution in [2.45, 2.75) is 51.9 Å². The second-order valence-electron chi connectivity index (χ2n) is 10.1. The summed E-state index contributed by atoms with van der Waals surface area (Å²) in [7, 11) is 2.15. The Labute approximate surface area is 207 Å². The number of aromatic nitrogens is 2. The number of aryl methyl sites for hydroxylation is 2. The molecule has 2 aromatic carbocycles. The smallest absolute Gasteiger partial charge is 0.227 e. The first kappa shape index (κ1) is 22.0. The van der Waals surface area contributed by atoms with Gasteiger partial charge in [0.25, 0.3) is 0 Å².